The van der Waals surface area contributed by atoms with Crippen LogP contribution in [0.3, 0.4) is 0 Å². The fraction of sp³-hybridized carbons (Fsp3) is 0.176. The lowest BCUT2D eigenvalue weighted by Gasteiger charge is -2.24. The van der Waals surface area contributed by atoms with Gasteiger partial charge < -0.3 is 4.74 Å². The van der Waals surface area contributed by atoms with Gasteiger partial charge in [-0.25, -0.2) is 0 Å². The molecule has 1 heterocycles. The van der Waals surface area contributed by atoms with Crippen LogP contribution >= 0.6 is 0 Å². The molecule has 3 rings (SSSR count). The van der Waals surface area contributed by atoms with Gasteiger partial charge in [0.2, 0.25) is 0 Å². The number of benzene rings is 2. The van der Waals surface area contributed by atoms with Crippen molar-refractivity contribution in [3.05, 3.63) is 71.8 Å². The van der Waals surface area contributed by atoms with Gasteiger partial charge in [-0.1, -0.05) is 60.7 Å². The Hall–Kier alpha value is -2.42. The number of ether oxygens (including phenoxy) is 1. The first-order chi connectivity index (χ1) is 9.71. The van der Waals surface area contributed by atoms with Crippen LogP contribution in [0.4, 0.5) is 0 Å². The maximum atomic E-state index is 12.3. The largest absolute Gasteiger partial charge is 0.392 e. The number of hydrogen-bond acceptors (Lipinski definition) is 3. The van der Waals surface area contributed by atoms with Crippen LogP contribution in [-0.2, 0) is 26.2 Å². The first kappa shape index (κ1) is 12.6. The fourth-order valence-electron chi connectivity index (χ4n) is 2.71. The molecule has 20 heavy (non-hydrogen) atoms. The minimum absolute atomic E-state index is 0.102. The van der Waals surface area contributed by atoms with Crippen LogP contribution in [0.15, 0.2) is 60.7 Å². The zero-order valence-electron chi connectivity index (χ0n) is 10.9. The van der Waals surface area contributed by atoms with E-state index in [2.05, 4.69) is 0 Å². The van der Waals surface area contributed by atoms with E-state index in [-0.39, 0.29) is 6.42 Å². The third kappa shape index (κ3) is 2.11. The number of cyclic esters (lactones) is 2. The van der Waals surface area contributed by atoms with Gasteiger partial charge in [0.25, 0.3) is 0 Å². The van der Waals surface area contributed by atoms with Crippen molar-refractivity contribution < 1.29 is 14.3 Å². The van der Waals surface area contributed by atoms with Crippen molar-refractivity contribution in [2.75, 3.05) is 0 Å². The second-order valence-corrected chi connectivity index (χ2v) is 5.05. The average molecular weight is 266 g/mol. The van der Waals surface area contributed by atoms with Crippen molar-refractivity contribution in [3.8, 4) is 0 Å². The normalized spacial score (nSPS) is 21.8. The maximum Gasteiger partial charge on any atom is 0.325 e. The highest BCUT2D eigenvalue weighted by Crippen LogP contribution is 2.38. The third-order valence-corrected chi connectivity index (χ3v) is 3.72. The number of rotatable bonds is 3. The Kier molecular flexibility index (Phi) is 3.11. The maximum absolute atomic E-state index is 12.3. The molecule has 0 aromatic heterocycles. The van der Waals surface area contributed by atoms with Crippen LogP contribution in [0.2, 0.25) is 0 Å². The molecule has 0 N–H and O–H groups in total. The predicted molar refractivity (Wildman–Crippen MR) is 74.0 cm³/mol. The highest BCUT2D eigenvalue weighted by molar-refractivity contribution is 6.01. The molecule has 0 spiro atoms. The predicted octanol–water partition coefficient (Wildman–Crippen LogP) is 2.64. The van der Waals surface area contributed by atoms with Gasteiger partial charge in [-0.2, -0.15) is 0 Å². The molecule has 3 heteroatoms. The molecule has 1 fully saturated rings. The van der Waals surface area contributed by atoms with Crippen molar-refractivity contribution in [2.45, 2.75) is 18.3 Å². The Morgan fingerprint density at radius 3 is 2.05 bits per heavy atom. The van der Waals surface area contributed by atoms with E-state index >= 15 is 0 Å². The van der Waals surface area contributed by atoms with Gasteiger partial charge in [0, 0.05) is 0 Å². The summed E-state index contributed by atoms with van der Waals surface area (Å²) in [6.45, 7) is 0. The Balaban J connectivity index is 2.05. The smallest absolute Gasteiger partial charge is 0.325 e. The summed E-state index contributed by atoms with van der Waals surface area (Å²) in [5, 5.41) is 0. The van der Waals surface area contributed by atoms with Crippen LogP contribution in [0.5, 0.6) is 0 Å². The summed E-state index contributed by atoms with van der Waals surface area (Å²) in [6, 6.07) is 19.1. The number of carbonyl (C=O) groups excluding carboxylic acids is 2. The molecule has 0 bridgehead atoms. The van der Waals surface area contributed by atoms with Gasteiger partial charge in [0.15, 0.2) is 0 Å². The standard InChI is InChI=1S/C17H14O3/c18-15-12-17(16(19)20-15,14-9-5-2-6-10-14)11-13-7-3-1-4-8-13/h1-10H,11-12H2. The van der Waals surface area contributed by atoms with E-state index in [1.807, 2.05) is 60.7 Å². The third-order valence-electron chi connectivity index (χ3n) is 3.72. The summed E-state index contributed by atoms with van der Waals surface area (Å²) >= 11 is 0. The molecule has 1 aliphatic heterocycles. The van der Waals surface area contributed by atoms with E-state index in [0.29, 0.717) is 6.42 Å². The van der Waals surface area contributed by atoms with Crippen LogP contribution in [-0.4, -0.2) is 11.9 Å². The molecule has 1 saturated heterocycles. The fourth-order valence-corrected chi connectivity index (χ4v) is 2.71. The average Bonchev–Trinajstić information content (AvgIpc) is 2.76. The van der Waals surface area contributed by atoms with Gasteiger partial charge in [0.1, 0.15) is 5.41 Å². The second kappa shape index (κ2) is 4.93. The molecule has 2 aromatic carbocycles. The second-order valence-electron chi connectivity index (χ2n) is 5.05. The minimum Gasteiger partial charge on any atom is -0.392 e. The molecule has 3 nitrogen and oxygen atoms in total. The molecule has 0 saturated carbocycles. The lowest BCUT2D eigenvalue weighted by molar-refractivity contribution is -0.153. The van der Waals surface area contributed by atoms with Crippen molar-refractivity contribution in [3.63, 3.8) is 0 Å². The van der Waals surface area contributed by atoms with Gasteiger partial charge in [-0.05, 0) is 17.5 Å². The van der Waals surface area contributed by atoms with Crippen molar-refractivity contribution in [2.24, 2.45) is 0 Å². The monoisotopic (exact) mass is 266 g/mol. The summed E-state index contributed by atoms with van der Waals surface area (Å²) < 4.78 is 4.83. The summed E-state index contributed by atoms with van der Waals surface area (Å²) in [5.41, 5.74) is 0.961. The van der Waals surface area contributed by atoms with Crippen LogP contribution in [0.25, 0.3) is 0 Å². The van der Waals surface area contributed by atoms with E-state index in [0.717, 1.165) is 11.1 Å². The van der Waals surface area contributed by atoms with Crippen LogP contribution in [0, 0.1) is 0 Å². The number of hydrogen-bond donors (Lipinski definition) is 0. The Labute approximate surface area is 117 Å². The molecular formula is C17H14O3. The zero-order chi connectivity index (χ0) is 14.0. The van der Waals surface area contributed by atoms with Gasteiger partial charge in [-0.15, -0.1) is 0 Å². The first-order valence-corrected chi connectivity index (χ1v) is 6.55. The van der Waals surface area contributed by atoms with Gasteiger partial charge >= 0.3 is 11.9 Å². The van der Waals surface area contributed by atoms with E-state index in [1.165, 1.54) is 0 Å². The lowest BCUT2D eigenvalue weighted by Crippen LogP contribution is -2.34. The van der Waals surface area contributed by atoms with Gasteiger partial charge in [-0.3, -0.25) is 9.59 Å². The van der Waals surface area contributed by atoms with E-state index in [4.69, 9.17) is 4.74 Å². The van der Waals surface area contributed by atoms with Crippen LogP contribution < -0.4 is 0 Å². The summed E-state index contributed by atoms with van der Waals surface area (Å²) in [4.78, 5) is 23.9. The Bertz CT molecular complexity index is 634. The molecule has 0 aliphatic carbocycles. The topological polar surface area (TPSA) is 43.4 Å². The van der Waals surface area contributed by atoms with E-state index in [1.54, 1.807) is 0 Å². The quantitative estimate of drug-likeness (QED) is 0.633. The van der Waals surface area contributed by atoms with E-state index < -0.39 is 17.4 Å². The Morgan fingerprint density at radius 2 is 1.50 bits per heavy atom. The molecule has 2 aromatic rings. The van der Waals surface area contributed by atoms with Crippen molar-refractivity contribution in [1.82, 2.24) is 0 Å². The summed E-state index contributed by atoms with van der Waals surface area (Å²) in [7, 11) is 0. The molecule has 1 aliphatic rings. The molecule has 0 radical (unpaired) electrons. The molecule has 1 unspecified atom stereocenters. The first-order valence-electron chi connectivity index (χ1n) is 6.55. The highest BCUT2D eigenvalue weighted by Gasteiger charge is 2.50. The number of carbonyl (C=O) groups is 2. The molecule has 100 valence electrons. The molecule has 1 atom stereocenters. The van der Waals surface area contributed by atoms with Crippen molar-refractivity contribution in [1.29, 1.82) is 0 Å². The SMILES string of the molecule is O=C1CC(Cc2ccccc2)(c2ccccc2)C(=O)O1. The zero-order valence-corrected chi connectivity index (χ0v) is 10.9. The van der Waals surface area contributed by atoms with E-state index in [9.17, 15) is 9.59 Å². The summed E-state index contributed by atoms with van der Waals surface area (Å²) in [5.74, 6) is -0.896. The molecule has 0 amide bonds. The van der Waals surface area contributed by atoms with Crippen LogP contribution in [0.1, 0.15) is 17.5 Å². The van der Waals surface area contributed by atoms with Gasteiger partial charge in [0.05, 0.1) is 6.42 Å². The highest BCUT2D eigenvalue weighted by atomic mass is 16.6. The summed E-state index contributed by atoms with van der Waals surface area (Å²) in [6.07, 6.45) is 0.577. The molecular weight excluding hydrogens is 252 g/mol. The minimum atomic E-state index is -0.889. The van der Waals surface area contributed by atoms with Crippen molar-refractivity contribution >= 4 is 11.9 Å². The Morgan fingerprint density at radius 1 is 0.900 bits per heavy atom. The number of esters is 2. The lowest BCUT2D eigenvalue weighted by atomic mass is 9.74.